The zero-order valence-electron chi connectivity index (χ0n) is 9.80. The van der Waals surface area contributed by atoms with Gasteiger partial charge in [-0.05, 0) is 29.3 Å². The van der Waals surface area contributed by atoms with Crippen LogP contribution in [0.15, 0.2) is 11.4 Å². The van der Waals surface area contributed by atoms with Crippen LogP contribution < -0.4 is 0 Å². The Bertz CT molecular complexity index is 404. The van der Waals surface area contributed by atoms with E-state index in [0.29, 0.717) is 11.4 Å². The van der Waals surface area contributed by atoms with Crippen LogP contribution in [0.1, 0.15) is 28.6 Å². The maximum absolute atomic E-state index is 11.0. The highest BCUT2D eigenvalue weighted by atomic mass is 32.1. The van der Waals surface area contributed by atoms with E-state index >= 15 is 0 Å². The van der Waals surface area contributed by atoms with Crippen molar-refractivity contribution >= 4 is 17.3 Å². The summed E-state index contributed by atoms with van der Waals surface area (Å²) < 4.78 is 0. The lowest BCUT2D eigenvalue weighted by molar-refractivity contribution is 0.0318. The van der Waals surface area contributed by atoms with Gasteiger partial charge in [-0.15, -0.1) is 11.3 Å². The number of piperidine rings is 1. The summed E-state index contributed by atoms with van der Waals surface area (Å²) in [6.07, 6.45) is 0.556. The molecule has 2 rings (SSSR count). The van der Waals surface area contributed by atoms with Crippen molar-refractivity contribution in [3.8, 4) is 0 Å². The molecule has 2 N–H and O–H groups in total. The van der Waals surface area contributed by atoms with E-state index in [9.17, 15) is 9.90 Å². The zero-order valence-corrected chi connectivity index (χ0v) is 10.6. The molecule has 0 radical (unpaired) electrons. The van der Waals surface area contributed by atoms with Crippen molar-refractivity contribution < 1.29 is 15.0 Å². The van der Waals surface area contributed by atoms with Crippen LogP contribution in [0, 0.1) is 5.92 Å². The second-order valence-corrected chi connectivity index (χ2v) is 5.56. The van der Waals surface area contributed by atoms with Crippen LogP contribution in [0.4, 0.5) is 0 Å². The average Bonchev–Trinajstić information content (AvgIpc) is 2.72. The fourth-order valence-corrected chi connectivity index (χ4v) is 3.01. The number of carbonyl (C=O) groups is 1. The molecule has 1 aliphatic rings. The van der Waals surface area contributed by atoms with Gasteiger partial charge in [-0.1, -0.05) is 6.92 Å². The molecule has 2 atom stereocenters. The van der Waals surface area contributed by atoms with Crippen LogP contribution in [0.3, 0.4) is 0 Å². The van der Waals surface area contributed by atoms with Gasteiger partial charge in [-0.2, -0.15) is 0 Å². The fourth-order valence-electron chi connectivity index (χ4n) is 2.25. The van der Waals surface area contributed by atoms with Crippen LogP contribution in [0.25, 0.3) is 0 Å². The van der Waals surface area contributed by atoms with E-state index in [1.165, 1.54) is 11.3 Å². The van der Waals surface area contributed by atoms with Gasteiger partial charge in [-0.3, -0.25) is 4.90 Å². The molecule has 0 aromatic carbocycles. The lowest BCUT2D eigenvalue weighted by atomic mass is 9.96. The van der Waals surface area contributed by atoms with Gasteiger partial charge >= 0.3 is 5.97 Å². The second kappa shape index (κ2) is 5.16. The third-order valence-corrected chi connectivity index (χ3v) is 4.22. The first-order chi connectivity index (χ1) is 8.08. The first-order valence-corrected chi connectivity index (χ1v) is 6.66. The zero-order chi connectivity index (χ0) is 12.4. The van der Waals surface area contributed by atoms with Crippen molar-refractivity contribution in [2.45, 2.75) is 26.0 Å². The minimum Gasteiger partial charge on any atom is -0.477 e. The first-order valence-electron chi connectivity index (χ1n) is 5.78. The topological polar surface area (TPSA) is 60.8 Å². The molecule has 94 valence electrons. The quantitative estimate of drug-likeness (QED) is 0.862. The molecule has 1 aromatic heterocycles. The second-order valence-electron chi connectivity index (χ2n) is 4.65. The van der Waals surface area contributed by atoms with Crippen molar-refractivity contribution in [1.82, 2.24) is 4.90 Å². The lowest BCUT2D eigenvalue weighted by Gasteiger charge is -2.34. The Hall–Kier alpha value is -0.910. The van der Waals surface area contributed by atoms with Crippen molar-refractivity contribution in [3.63, 3.8) is 0 Å². The SMILES string of the molecule is CC1CN(Cc2ccsc2C(=O)O)CCC1O. The number of aliphatic hydroxyl groups is 1. The normalized spacial score (nSPS) is 26.0. The Kier molecular flexibility index (Phi) is 3.81. The summed E-state index contributed by atoms with van der Waals surface area (Å²) in [5.74, 6) is -0.587. The average molecular weight is 255 g/mol. The molecule has 1 saturated heterocycles. The predicted molar refractivity (Wildman–Crippen MR) is 66.3 cm³/mol. The number of hydrogen-bond donors (Lipinski definition) is 2. The molecule has 0 saturated carbocycles. The van der Waals surface area contributed by atoms with Gasteiger partial charge in [0.25, 0.3) is 0 Å². The van der Waals surface area contributed by atoms with E-state index in [1.54, 1.807) is 0 Å². The highest BCUT2D eigenvalue weighted by Crippen LogP contribution is 2.22. The number of likely N-dealkylation sites (tertiary alicyclic amines) is 1. The van der Waals surface area contributed by atoms with E-state index in [0.717, 1.165) is 25.1 Å². The number of aliphatic hydroxyl groups excluding tert-OH is 1. The van der Waals surface area contributed by atoms with E-state index in [4.69, 9.17) is 5.11 Å². The van der Waals surface area contributed by atoms with Gasteiger partial charge in [0.05, 0.1) is 6.10 Å². The minimum absolute atomic E-state index is 0.215. The van der Waals surface area contributed by atoms with E-state index in [1.807, 2.05) is 18.4 Å². The number of nitrogens with zero attached hydrogens (tertiary/aromatic N) is 1. The molecular weight excluding hydrogens is 238 g/mol. The molecule has 2 heterocycles. The molecule has 1 aliphatic heterocycles. The molecule has 0 bridgehead atoms. The standard InChI is InChI=1S/C12H17NO3S/c1-8-6-13(4-2-10(8)14)7-9-3-5-17-11(9)12(15)16/h3,5,8,10,14H,2,4,6-7H2,1H3,(H,15,16). The van der Waals surface area contributed by atoms with Crippen molar-refractivity contribution in [2.75, 3.05) is 13.1 Å². The molecule has 0 aliphatic carbocycles. The Morgan fingerprint density at radius 1 is 1.65 bits per heavy atom. The molecule has 17 heavy (non-hydrogen) atoms. The van der Waals surface area contributed by atoms with Crippen LogP contribution >= 0.6 is 11.3 Å². The summed E-state index contributed by atoms with van der Waals surface area (Å²) in [6.45, 7) is 4.36. The lowest BCUT2D eigenvalue weighted by Crippen LogP contribution is -2.41. The Labute approximate surface area is 104 Å². The number of hydrogen-bond acceptors (Lipinski definition) is 4. The molecule has 5 heteroatoms. The molecule has 0 amide bonds. The van der Waals surface area contributed by atoms with Crippen molar-refractivity contribution in [3.05, 3.63) is 21.9 Å². The maximum atomic E-state index is 11.0. The molecule has 1 aromatic rings. The van der Waals surface area contributed by atoms with E-state index in [2.05, 4.69) is 4.90 Å². The smallest absolute Gasteiger partial charge is 0.346 e. The van der Waals surface area contributed by atoms with Gasteiger partial charge < -0.3 is 10.2 Å². The van der Waals surface area contributed by atoms with Crippen LogP contribution in [0.2, 0.25) is 0 Å². The Morgan fingerprint density at radius 2 is 2.41 bits per heavy atom. The molecule has 1 fully saturated rings. The number of aromatic carboxylic acids is 1. The summed E-state index contributed by atoms with van der Waals surface area (Å²) >= 11 is 1.27. The van der Waals surface area contributed by atoms with E-state index < -0.39 is 5.97 Å². The summed E-state index contributed by atoms with van der Waals surface area (Å²) in [5, 5.41) is 20.5. The highest BCUT2D eigenvalue weighted by molar-refractivity contribution is 7.12. The maximum Gasteiger partial charge on any atom is 0.346 e. The minimum atomic E-state index is -0.847. The van der Waals surface area contributed by atoms with Gasteiger partial charge in [-0.25, -0.2) is 4.79 Å². The summed E-state index contributed by atoms with van der Waals surface area (Å²) in [7, 11) is 0. The largest absolute Gasteiger partial charge is 0.477 e. The number of carboxylic acid groups (broad SMARTS) is 1. The van der Waals surface area contributed by atoms with Gasteiger partial charge in [0.15, 0.2) is 0 Å². The van der Waals surface area contributed by atoms with Crippen LogP contribution in [0.5, 0.6) is 0 Å². The van der Waals surface area contributed by atoms with Gasteiger partial charge in [0, 0.05) is 19.6 Å². The highest BCUT2D eigenvalue weighted by Gasteiger charge is 2.25. The summed E-state index contributed by atoms with van der Waals surface area (Å²) in [5.41, 5.74) is 0.881. The number of carboxylic acids is 1. The summed E-state index contributed by atoms with van der Waals surface area (Å²) in [6, 6.07) is 1.88. The molecule has 0 spiro atoms. The number of rotatable bonds is 3. The summed E-state index contributed by atoms with van der Waals surface area (Å²) in [4.78, 5) is 13.6. The molecule has 4 nitrogen and oxygen atoms in total. The number of thiophene rings is 1. The van der Waals surface area contributed by atoms with E-state index in [-0.39, 0.29) is 12.0 Å². The Morgan fingerprint density at radius 3 is 3.06 bits per heavy atom. The monoisotopic (exact) mass is 255 g/mol. The molecule has 2 unspecified atom stereocenters. The van der Waals surface area contributed by atoms with Crippen LogP contribution in [-0.4, -0.2) is 40.3 Å². The van der Waals surface area contributed by atoms with Crippen LogP contribution in [-0.2, 0) is 6.54 Å². The first kappa shape index (κ1) is 12.5. The van der Waals surface area contributed by atoms with Crippen molar-refractivity contribution in [1.29, 1.82) is 0 Å². The van der Waals surface area contributed by atoms with Crippen molar-refractivity contribution in [2.24, 2.45) is 5.92 Å². The third-order valence-electron chi connectivity index (χ3n) is 3.28. The fraction of sp³-hybridized carbons (Fsp3) is 0.583. The van der Waals surface area contributed by atoms with Gasteiger partial charge in [0.2, 0.25) is 0 Å². The predicted octanol–water partition coefficient (Wildman–Crippen LogP) is 1.65. The Balaban J connectivity index is 2.01. The molecular formula is C12H17NO3S. The third kappa shape index (κ3) is 2.86. The van der Waals surface area contributed by atoms with Gasteiger partial charge in [0.1, 0.15) is 4.88 Å².